The first kappa shape index (κ1) is 31.3. The van der Waals surface area contributed by atoms with E-state index < -0.39 is 17.6 Å². The average molecular weight is 632 g/mol. The lowest BCUT2D eigenvalue weighted by Gasteiger charge is -2.30. The van der Waals surface area contributed by atoms with Crippen molar-refractivity contribution in [3.05, 3.63) is 77.6 Å². The van der Waals surface area contributed by atoms with Crippen LogP contribution in [0.2, 0.25) is 0 Å². The van der Waals surface area contributed by atoms with Gasteiger partial charge in [0.2, 0.25) is 5.91 Å². The van der Waals surface area contributed by atoms with Gasteiger partial charge in [0.1, 0.15) is 17.3 Å². The van der Waals surface area contributed by atoms with Crippen molar-refractivity contribution in [3.63, 3.8) is 0 Å². The van der Waals surface area contributed by atoms with Crippen molar-refractivity contribution < 1.29 is 22.8 Å². The van der Waals surface area contributed by atoms with Crippen LogP contribution in [0.1, 0.15) is 85.3 Å². The first-order valence-electron chi connectivity index (χ1n) is 15.7. The minimum Gasteiger partial charge on any atom is -0.383 e. The third-order valence-electron chi connectivity index (χ3n) is 8.72. The van der Waals surface area contributed by atoms with Gasteiger partial charge in [-0.25, -0.2) is 9.97 Å². The number of halogens is 3. The van der Waals surface area contributed by atoms with Crippen LogP contribution >= 0.6 is 0 Å². The van der Waals surface area contributed by atoms with Crippen molar-refractivity contribution in [2.75, 3.05) is 11.1 Å². The summed E-state index contributed by atoms with van der Waals surface area (Å²) in [6.07, 6.45) is 11.2. The topological polar surface area (TPSA) is 128 Å². The minimum atomic E-state index is -4.55. The average Bonchev–Trinajstić information content (AvgIpc) is 3.45. The van der Waals surface area contributed by atoms with Crippen molar-refractivity contribution in [2.45, 2.75) is 82.5 Å². The highest BCUT2D eigenvalue weighted by Crippen LogP contribution is 2.39. The summed E-state index contributed by atoms with van der Waals surface area (Å²) >= 11 is 0. The summed E-state index contributed by atoms with van der Waals surface area (Å²) in [5, 5.41) is 11.5. The molecule has 4 heterocycles. The zero-order valence-electron chi connectivity index (χ0n) is 25.3. The third kappa shape index (κ3) is 6.90. The van der Waals surface area contributed by atoms with Crippen LogP contribution < -0.4 is 16.4 Å². The van der Waals surface area contributed by atoms with Gasteiger partial charge in [-0.3, -0.25) is 14.3 Å². The molecule has 9 nitrogen and oxygen atoms in total. The number of allylic oxidation sites excluding steroid dienone is 2. The van der Waals surface area contributed by atoms with Crippen LogP contribution in [-0.2, 0) is 17.4 Å². The number of anilines is 2. The summed E-state index contributed by atoms with van der Waals surface area (Å²) in [6.45, 7) is 0. The number of aromatic nitrogens is 4. The normalized spacial score (nSPS) is 20.2. The highest BCUT2D eigenvalue weighted by atomic mass is 19.4. The Bertz CT molecular complexity index is 1770. The van der Waals surface area contributed by atoms with E-state index in [-0.39, 0.29) is 29.4 Å². The second kappa shape index (κ2) is 13.3. The molecule has 1 saturated carbocycles. The summed E-state index contributed by atoms with van der Waals surface area (Å²) in [5.41, 5.74) is 9.11. The van der Waals surface area contributed by atoms with E-state index in [2.05, 4.69) is 37.4 Å². The van der Waals surface area contributed by atoms with Gasteiger partial charge in [0.25, 0.3) is 5.91 Å². The Labute approximate surface area is 264 Å². The van der Waals surface area contributed by atoms with Crippen LogP contribution in [0.4, 0.5) is 24.8 Å². The molecule has 0 unspecified atom stereocenters. The van der Waals surface area contributed by atoms with Gasteiger partial charge in [0.15, 0.2) is 0 Å². The molecule has 1 aliphatic heterocycles. The molecule has 6 rings (SSSR count). The molecule has 2 atom stereocenters. The Morgan fingerprint density at radius 2 is 1.85 bits per heavy atom. The molecule has 0 spiro atoms. The van der Waals surface area contributed by atoms with E-state index in [4.69, 9.17) is 10.8 Å². The molecule has 2 aliphatic rings. The van der Waals surface area contributed by atoms with Crippen LogP contribution in [-0.4, -0.2) is 37.6 Å². The monoisotopic (exact) mass is 631 g/mol. The molecule has 3 aromatic heterocycles. The van der Waals surface area contributed by atoms with E-state index in [1.54, 1.807) is 24.3 Å². The van der Waals surface area contributed by atoms with Gasteiger partial charge in [-0.2, -0.15) is 18.3 Å². The molecule has 1 aromatic carbocycles. The fourth-order valence-corrected chi connectivity index (χ4v) is 6.39. The van der Waals surface area contributed by atoms with Gasteiger partial charge in [-0.1, -0.05) is 30.7 Å². The van der Waals surface area contributed by atoms with Gasteiger partial charge >= 0.3 is 6.18 Å². The lowest BCUT2D eigenvalue weighted by atomic mass is 9.90. The van der Waals surface area contributed by atoms with Gasteiger partial charge in [0, 0.05) is 41.5 Å². The molecular formula is C34H36F3N7O2. The van der Waals surface area contributed by atoms with E-state index in [0.29, 0.717) is 29.9 Å². The highest BCUT2D eigenvalue weighted by molar-refractivity contribution is 6.05. The van der Waals surface area contributed by atoms with E-state index in [1.807, 2.05) is 6.20 Å². The van der Waals surface area contributed by atoms with E-state index in [0.717, 1.165) is 86.2 Å². The maximum Gasteiger partial charge on any atom is 0.416 e. The summed E-state index contributed by atoms with van der Waals surface area (Å²) in [6, 6.07) is 8.41. The van der Waals surface area contributed by atoms with Crippen LogP contribution in [0.3, 0.4) is 0 Å². The molecule has 46 heavy (non-hydrogen) atoms. The predicted molar refractivity (Wildman–Crippen MR) is 170 cm³/mol. The molecule has 1 aliphatic carbocycles. The number of nitrogens with two attached hydrogens (primary N) is 1. The number of nitrogens with one attached hydrogen (secondary N) is 2. The second-order valence-corrected chi connectivity index (χ2v) is 12.0. The lowest BCUT2D eigenvalue weighted by molar-refractivity contribution is -0.137. The largest absolute Gasteiger partial charge is 0.416 e. The van der Waals surface area contributed by atoms with Crippen molar-refractivity contribution >= 4 is 34.4 Å². The van der Waals surface area contributed by atoms with Crippen molar-refractivity contribution in [1.82, 2.24) is 25.1 Å². The van der Waals surface area contributed by atoms with Gasteiger partial charge in [-0.05, 0) is 75.6 Å². The Morgan fingerprint density at radius 3 is 2.65 bits per heavy atom. The molecule has 12 heteroatoms. The van der Waals surface area contributed by atoms with Gasteiger partial charge in [0.05, 0.1) is 22.5 Å². The summed E-state index contributed by atoms with van der Waals surface area (Å²) in [7, 11) is 0. The number of rotatable bonds is 3. The van der Waals surface area contributed by atoms with Crippen molar-refractivity contribution in [3.8, 4) is 11.3 Å². The molecule has 2 bridgehead atoms. The number of pyridine rings is 2. The number of benzene rings is 1. The number of hydrogen-bond donors (Lipinski definition) is 3. The molecule has 2 amide bonds. The number of hydrogen-bond acceptors (Lipinski definition) is 6. The molecule has 4 aromatic rings. The van der Waals surface area contributed by atoms with Crippen LogP contribution in [0.5, 0.6) is 0 Å². The maximum absolute atomic E-state index is 13.1. The van der Waals surface area contributed by atoms with E-state index in [9.17, 15) is 22.8 Å². The summed E-state index contributed by atoms with van der Waals surface area (Å²) in [5.74, 6) is -0.348. The molecule has 240 valence electrons. The SMILES string of the molecule is Nc1ncc2c3c1c(-c1ccc(C(=O)Nc4cc(C(F)(F)F)ccn4)cc1)nn3[C@@H]1CCC[C@H](C1)NC(=O)CCCCC/C=C/C2. The number of carbonyl (C=O) groups excluding carboxylic acids is 2. The zero-order chi connectivity index (χ0) is 32.3. The highest BCUT2D eigenvalue weighted by Gasteiger charge is 2.31. The third-order valence-corrected chi connectivity index (χ3v) is 8.72. The molecule has 1 fully saturated rings. The number of nitrogen functional groups attached to an aromatic ring is 1. The standard InChI is InChI=1S/C34H36F3N7O2/c35-34(36,37)24-16-17-39-27(18-24)42-33(46)22-14-12-21(13-15-22)30-29-31-23(20-40-32(29)38)8-5-3-1-2-4-6-11-28(45)41-25-9-7-10-26(19-25)44(31)43-30/h3,5,12-18,20,25-26H,1-2,4,6-11,19H2,(H2,38,40)(H,41,45)(H,39,42,46)/b5-3+/t25-,26-/m1/s1. The van der Waals surface area contributed by atoms with E-state index >= 15 is 0 Å². The second-order valence-electron chi connectivity index (χ2n) is 12.0. The molecule has 0 saturated heterocycles. The Hall–Kier alpha value is -4.74. The quantitative estimate of drug-likeness (QED) is 0.209. The Morgan fingerprint density at radius 1 is 1.02 bits per heavy atom. The summed E-state index contributed by atoms with van der Waals surface area (Å²) < 4.78 is 41.4. The molecule has 4 N–H and O–H groups in total. The van der Waals surface area contributed by atoms with E-state index in [1.165, 1.54) is 0 Å². The first-order chi connectivity index (χ1) is 22.2. The number of amides is 2. The smallest absolute Gasteiger partial charge is 0.383 e. The fourth-order valence-electron chi connectivity index (χ4n) is 6.39. The van der Waals surface area contributed by atoms with Gasteiger partial charge in [-0.15, -0.1) is 0 Å². The summed E-state index contributed by atoms with van der Waals surface area (Å²) in [4.78, 5) is 34.0. The van der Waals surface area contributed by atoms with Crippen LogP contribution in [0, 0.1) is 0 Å². The minimum absolute atomic E-state index is 0.0396. The Kier molecular flexibility index (Phi) is 9.05. The molecular weight excluding hydrogens is 595 g/mol. The first-order valence-corrected chi connectivity index (χ1v) is 15.7. The number of alkyl halides is 3. The lowest BCUT2D eigenvalue weighted by Crippen LogP contribution is -2.39. The van der Waals surface area contributed by atoms with Crippen molar-refractivity contribution in [2.24, 2.45) is 0 Å². The fraction of sp³-hybridized carbons (Fsp3) is 0.382. The van der Waals surface area contributed by atoms with Crippen molar-refractivity contribution in [1.29, 1.82) is 0 Å². The molecule has 0 radical (unpaired) electrons. The Balaban J connectivity index is 1.34. The number of fused-ring (bicyclic) bond motifs is 3. The predicted octanol–water partition coefficient (Wildman–Crippen LogP) is 7.01. The van der Waals surface area contributed by atoms with Gasteiger partial charge < -0.3 is 16.4 Å². The van der Waals surface area contributed by atoms with Crippen LogP contribution in [0.15, 0.2) is 60.9 Å². The zero-order valence-corrected chi connectivity index (χ0v) is 25.3. The number of nitrogens with zero attached hydrogens (tertiary/aromatic N) is 4. The number of carbonyl (C=O) groups is 2. The van der Waals surface area contributed by atoms with Crippen LogP contribution in [0.25, 0.3) is 22.2 Å². The maximum atomic E-state index is 13.1.